The molecule has 3 rings (SSSR count). The minimum atomic E-state index is -4.10. The Balaban J connectivity index is 2.01. The second-order valence-corrected chi connectivity index (χ2v) is 12.2. The largest absolute Gasteiger partial charge is 0.352 e. The highest BCUT2D eigenvalue weighted by atomic mass is 79.9. The molecule has 38 heavy (non-hydrogen) atoms. The van der Waals surface area contributed by atoms with E-state index in [-0.39, 0.29) is 23.4 Å². The van der Waals surface area contributed by atoms with E-state index in [1.807, 2.05) is 13.8 Å². The quantitative estimate of drug-likeness (QED) is 0.301. The standard InChI is InChI=1S/C28H31BrClN3O4S/c1-4-20(2)31-28(35)21(3)32(18-22-9-8-10-24(30)17-22)27(34)19-33(25-15-13-23(29)14-16-25)38(36,37)26-11-6-5-7-12-26/h5-17,20-21H,4,18-19H2,1-3H3,(H,31,35)/t20-,21-/m0/s1. The monoisotopic (exact) mass is 619 g/mol. The summed E-state index contributed by atoms with van der Waals surface area (Å²) in [7, 11) is -4.10. The number of anilines is 1. The van der Waals surface area contributed by atoms with Gasteiger partial charge in [0.05, 0.1) is 10.6 Å². The number of rotatable bonds is 11. The average Bonchev–Trinajstić information content (AvgIpc) is 2.90. The Kier molecular flexibility index (Phi) is 10.4. The van der Waals surface area contributed by atoms with Crippen molar-refractivity contribution in [1.29, 1.82) is 0 Å². The predicted octanol–water partition coefficient (Wildman–Crippen LogP) is 5.63. The van der Waals surface area contributed by atoms with Gasteiger partial charge in [0.25, 0.3) is 10.0 Å². The molecule has 2 amide bonds. The second kappa shape index (κ2) is 13.3. The molecule has 0 aliphatic carbocycles. The van der Waals surface area contributed by atoms with Crippen LogP contribution in [-0.4, -0.2) is 43.8 Å². The van der Waals surface area contributed by atoms with Crippen LogP contribution in [-0.2, 0) is 26.2 Å². The number of carbonyl (C=O) groups excluding carboxylic acids is 2. The maximum absolute atomic E-state index is 13.9. The number of halogens is 2. The van der Waals surface area contributed by atoms with Gasteiger partial charge >= 0.3 is 0 Å². The van der Waals surface area contributed by atoms with Gasteiger partial charge in [-0.3, -0.25) is 13.9 Å². The molecule has 0 bridgehead atoms. The van der Waals surface area contributed by atoms with Gasteiger partial charge in [0.15, 0.2) is 0 Å². The molecule has 0 aliphatic rings. The molecule has 7 nitrogen and oxygen atoms in total. The summed E-state index contributed by atoms with van der Waals surface area (Å²) in [5.74, 6) is -0.852. The number of carbonyl (C=O) groups is 2. The minimum Gasteiger partial charge on any atom is -0.352 e. The summed E-state index contributed by atoms with van der Waals surface area (Å²) in [6.07, 6.45) is 0.730. The molecule has 1 N–H and O–H groups in total. The van der Waals surface area contributed by atoms with Crippen LogP contribution in [0.5, 0.6) is 0 Å². The molecular weight excluding hydrogens is 590 g/mol. The van der Waals surface area contributed by atoms with E-state index in [4.69, 9.17) is 11.6 Å². The van der Waals surface area contributed by atoms with E-state index in [0.29, 0.717) is 10.7 Å². The van der Waals surface area contributed by atoms with Crippen LogP contribution in [0.25, 0.3) is 0 Å². The third-order valence-electron chi connectivity index (χ3n) is 6.13. The lowest BCUT2D eigenvalue weighted by Crippen LogP contribution is -2.52. The summed E-state index contributed by atoms with van der Waals surface area (Å²) < 4.78 is 29.3. The molecule has 10 heteroatoms. The van der Waals surface area contributed by atoms with Crippen LogP contribution in [0.2, 0.25) is 5.02 Å². The number of amides is 2. The van der Waals surface area contributed by atoms with Crippen molar-refractivity contribution < 1.29 is 18.0 Å². The Morgan fingerprint density at radius 3 is 2.24 bits per heavy atom. The highest BCUT2D eigenvalue weighted by molar-refractivity contribution is 9.10. The van der Waals surface area contributed by atoms with Crippen LogP contribution in [0.15, 0.2) is 88.2 Å². The summed E-state index contributed by atoms with van der Waals surface area (Å²) in [5.41, 5.74) is 1.04. The zero-order valence-corrected chi connectivity index (χ0v) is 24.6. The molecule has 0 heterocycles. The molecule has 3 aromatic carbocycles. The van der Waals surface area contributed by atoms with Crippen LogP contribution in [0.3, 0.4) is 0 Å². The summed E-state index contributed by atoms with van der Waals surface area (Å²) in [5, 5.41) is 3.41. The van der Waals surface area contributed by atoms with Crippen LogP contribution in [0, 0.1) is 0 Å². The van der Waals surface area contributed by atoms with Crippen molar-refractivity contribution in [3.8, 4) is 0 Å². The number of hydrogen-bond acceptors (Lipinski definition) is 4. The van der Waals surface area contributed by atoms with E-state index in [0.717, 1.165) is 20.8 Å². The van der Waals surface area contributed by atoms with E-state index >= 15 is 0 Å². The molecule has 0 aromatic heterocycles. The van der Waals surface area contributed by atoms with E-state index in [1.54, 1.807) is 73.7 Å². The van der Waals surface area contributed by atoms with Gasteiger partial charge < -0.3 is 10.2 Å². The molecule has 0 saturated heterocycles. The van der Waals surface area contributed by atoms with Gasteiger partial charge in [0.1, 0.15) is 12.6 Å². The van der Waals surface area contributed by atoms with Crippen molar-refractivity contribution in [3.05, 3.63) is 93.9 Å². The third-order valence-corrected chi connectivity index (χ3v) is 8.69. The second-order valence-electron chi connectivity index (χ2n) is 8.95. The lowest BCUT2D eigenvalue weighted by Gasteiger charge is -2.32. The first-order chi connectivity index (χ1) is 18.0. The SMILES string of the molecule is CC[C@H](C)NC(=O)[C@H](C)N(Cc1cccc(Cl)c1)C(=O)CN(c1ccc(Br)cc1)S(=O)(=O)c1ccccc1. The molecule has 0 unspecified atom stereocenters. The van der Waals surface area contributed by atoms with E-state index < -0.39 is 28.5 Å². The number of nitrogens with one attached hydrogen (secondary N) is 1. The van der Waals surface area contributed by atoms with Crippen molar-refractivity contribution in [1.82, 2.24) is 10.2 Å². The van der Waals surface area contributed by atoms with Gasteiger partial charge in [-0.05, 0) is 74.4 Å². The molecular formula is C28H31BrClN3O4S. The smallest absolute Gasteiger partial charge is 0.264 e. The van der Waals surface area contributed by atoms with Gasteiger partial charge in [0.2, 0.25) is 11.8 Å². The lowest BCUT2D eigenvalue weighted by atomic mass is 10.1. The Bertz CT molecular complexity index is 1350. The van der Waals surface area contributed by atoms with Crippen LogP contribution in [0.1, 0.15) is 32.8 Å². The zero-order valence-electron chi connectivity index (χ0n) is 21.5. The molecule has 3 aromatic rings. The number of nitrogens with zero attached hydrogens (tertiary/aromatic N) is 2. The van der Waals surface area contributed by atoms with Gasteiger partial charge in [-0.25, -0.2) is 8.42 Å². The molecule has 0 aliphatic heterocycles. The molecule has 0 radical (unpaired) electrons. The van der Waals surface area contributed by atoms with Gasteiger partial charge in [-0.1, -0.05) is 64.8 Å². The fraction of sp³-hybridized carbons (Fsp3) is 0.286. The maximum Gasteiger partial charge on any atom is 0.264 e. The Hall–Kier alpha value is -2.88. The van der Waals surface area contributed by atoms with Crippen LogP contribution < -0.4 is 9.62 Å². The highest BCUT2D eigenvalue weighted by Crippen LogP contribution is 2.26. The summed E-state index contributed by atoms with van der Waals surface area (Å²) in [4.78, 5) is 28.4. The van der Waals surface area contributed by atoms with Crippen LogP contribution >= 0.6 is 27.5 Å². The summed E-state index contributed by atoms with van der Waals surface area (Å²) in [6, 6.07) is 20.7. The fourth-order valence-corrected chi connectivity index (χ4v) is 5.65. The molecule has 2 atom stereocenters. The first-order valence-corrected chi connectivity index (χ1v) is 14.8. The maximum atomic E-state index is 13.9. The van der Waals surface area contributed by atoms with Crippen molar-refractivity contribution in [2.45, 2.75) is 50.7 Å². The van der Waals surface area contributed by atoms with Crippen LogP contribution in [0.4, 0.5) is 5.69 Å². The molecule has 0 saturated carbocycles. The number of benzene rings is 3. The van der Waals surface area contributed by atoms with Crippen molar-refractivity contribution >= 4 is 55.1 Å². The van der Waals surface area contributed by atoms with E-state index in [9.17, 15) is 18.0 Å². The first kappa shape index (κ1) is 29.7. The lowest BCUT2D eigenvalue weighted by molar-refractivity contribution is -0.139. The Morgan fingerprint density at radius 1 is 0.974 bits per heavy atom. The first-order valence-electron chi connectivity index (χ1n) is 12.2. The highest BCUT2D eigenvalue weighted by Gasteiger charge is 2.32. The minimum absolute atomic E-state index is 0.0553. The molecule has 0 fully saturated rings. The van der Waals surface area contributed by atoms with Crippen molar-refractivity contribution in [2.24, 2.45) is 0 Å². The number of hydrogen-bond donors (Lipinski definition) is 1. The normalized spacial score (nSPS) is 12.9. The van der Waals surface area contributed by atoms with E-state index in [1.165, 1.54) is 17.0 Å². The van der Waals surface area contributed by atoms with Crippen molar-refractivity contribution in [3.63, 3.8) is 0 Å². The topological polar surface area (TPSA) is 86.8 Å². The summed E-state index contributed by atoms with van der Waals surface area (Å²) in [6.45, 7) is 5.05. The van der Waals surface area contributed by atoms with E-state index in [2.05, 4.69) is 21.2 Å². The molecule has 0 spiro atoms. The zero-order chi connectivity index (χ0) is 27.9. The summed E-state index contributed by atoms with van der Waals surface area (Å²) >= 11 is 9.54. The average molecular weight is 621 g/mol. The fourth-order valence-electron chi connectivity index (χ4n) is 3.74. The van der Waals surface area contributed by atoms with Crippen molar-refractivity contribution in [2.75, 3.05) is 10.8 Å². The Morgan fingerprint density at radius 2 is 1.63 bits per heavy atom. The third kappa shape index (κ3) is 7.58. The number of sulfonamides is 1. The Labute approximate surface area is 238 Å². The van der Waals surface area contributed by atoms with Gasteiger partial charge in [-0.2, -0.15) is 0 Å². The van der Waals surface area contributed by atoms with Gasteiger partial charge in [-0.15, -0.1) is 0 Å². The van der Waals surface area contributed by atoms with Gasteiger partial charge in [0, 0.05) is 22.1 Å². The predicted molar refractivity (Wildman–Crippen MR) is 154 cm³/mol. The molecule has 202 valence electrons.